The van der Waals surface area contributed by atoms with Gasteiger partial charge in [0.05, 0.1) is 0 Å². The quantitative estimate of drug-likeness (QED) is 0.186. The van der Waals surface area contributed by atoms with Gasteiger partial charge in [0.15, 0.2) is 0 Å². The molecule has 1 heteroatoms. The molecule has 0 amide bonds. The van der Waals surface area contributed by atoms with E-state index in [0.29, 0.717) is 11.8 Å². The van der Waals surface area contributed by atoms with Crippen LogP contribution in [0.2, 0.25) is 0 Å². The van der Waals surface area contributed by atoms with Gasteiger partial charge in [0.1, 0.15) is 0 Å². The van der Waals surface area contributed by atoms with Crippen LogP contribution < -0.4 is 0 Å². The van der Waals surface area contributed by atoms with Gasteiger partial charge in [-0.05, 0) is 110 Å². The topological polar surface area (TPSA) is 12.4 Å². The van der Waals surface area contributed by atoms with Crippen LogP contribution in [-0.2, 0) is 6.42 Å². The second kappa shape index (κ2) is 12.1. The van der Waals surface area contributed by atoms with Crippen LogP contribution in [0.5, 0.6) is 0 Å². The van der Waals surface area contributed by atoms with Crippen LogP contribution in [0.25, 0.3) is 38.6 Å². The van der Waals surface area contributed by atoms with Crippen LogP contribution >= 0.6 is 0 Å². The fraction of sp³-hybridized carbons (Fsp3) is 0.170. The minimum absolute atomic E-state index is 0.273. The van der Waals surface area contributed by atoms with Crippen molar-refractivity contribution in [2.75, 3.05) is 6.54 Å². The van der Waals surface area contributed by atoms with Gasteiger partial charge < -0.3 is 0 Å². The third kappa shape index (κ3) is 4.88. The smallest absolute Gasteiger partial charge is 0.0455 e. The molecule has 0 radical (unpaired) electrons. The first-order valence-electron chi connectivity index (χ1n) is 17.5. The molecule has 48 heavy (non-hydrogen) atoms. The van der Waals surface area contributed by atoms with E-state index in [9.17, 15) is 0 Å². The van der Waals surface area contributed by atoms with E-state index in [4.69, 9.17) is 0 Å². The van der Waals surface area contributed by atoms with Crippen molar-refractivity contribution in [2.24, 2.45) is 10.9 Å². The summed E-state index contributed by atoms with van der Waals surface area (Å²) in [5, 5.41) is 2.69. The Morgan fingerprint density at radius 1 is 0.604 bits per heavy atom. The van der Waals surface area contributed by atoms with Crippen LogP contribution in [-0.4, -0.2) is 12.8 Å². The number of allylic oxidation sites excluding steroid dienone is 9. The van der Waals surface area contributed by atoms with Gasteiger partial charge in [-0.15, -0.1) is 0 Å². The van der Waals surface area contributed by atoms with Gasteiger partial charge in [-0.1, -0.05) is 139 Å². The SMILES string of the molecule is Cc1c(-c2ccccc2CC2C=CC=NC2)cc(C2=CC=C(C3C=C/C=C\C4c5ccccc5-c5cccc3c54)CC2)c2ccccc12. The van der Waals surface area contributed by atoms with Crippen molar-refractivity contribution in [1.29, 1.82) is 0 Å². The molecule has 1 aliphatic heterocycles. The Morgan fingerprint density at radius 2 is 1.35 bits per heavy atom. The second-order valence-corrected chi connectivity index (χ2v) is 13.7. The monoisotopic (exact) mass is 617 g/mol. The van der Waals surface area contributed by atoms with E-state index in [0.717, 1.165) is 25.8 Å². The highest BCUT2D eigenvalue weighted by molar-refractivity contribution is 6.00. The Morgan fingerprint density at radius 3 is 2.19 bits per heavy atom. The zero-order chi connectivity index (χ0) is 32.0. The van der Waals surface area contributed by atoms with E-state index in [2.05, 4.69) is 158 Å². The van der Waals surface area contributed by atoms with Crippen molar-refractivity contribution in [3.8, 4) is 22.3 Å². The summed E-state index contributed by atoms with van der Waals surface area (Å²) < 4.78 is 0. The Bertz CT molecular complexity index is 2270. The largest absolute Gasteiger partial charge is 0.293 e. The van der Waals surface area contributed by atoms with Crippen molar-refractivity contribution in [3.63, 3.8) is 0 Å². The molecule has 3 atom stereocenters. The average Bonchev–Trinajstić information content (AvgIpc) is 3.46. The summed E-state index contributed by atoms with van der Waals surface area (Å²) in [5.74, 6) is 1.03. The van der Waals surface area contributed by atoms with E-state index in [1.165, 1.54) is 77.6 Å². The number of hydrogen-bond acceptors (Lipinski definition) is 1. The van der Waals surface area contributed by atoms with Crippen LogP contribution in [0.4, 0.5) is 0 Å². The van der Waals surface area contributed by atoms with Crippen molar-refractivity contribution in [2.45, 2.75) is 38.0 Å². The van der Waals surface area contributed by atoms with Crippen molar-refractivity contribution in [1.82, 2.24) is 0 Å². The standard InChI is InChI=1S/C47H39N/c1-31-36-14-4-6-17-39(36)46(29-45(31)38-16-3-2-13-35(38)28-32-12-11-27-48-30-32)34-25-23-33(24-26-34)37-15-5-9-20-43-40-18-7-8-19-41(40)44-22-10-21-42(37)47(43)44/h2-23,25,27,29,32,37,43H,24,26,28,30H2,1H3/b15-5?,20-9-. The fourth-order valence-electron chi connectivity index (χ4n) is 8.69. The first-order chi connectivity index (χ1) is 23.7. The molecule has 5 aromatic rings. The lowest BCUT2D eigenvalue weighted by Gasteiger charge is -2.26. The van der Waals surface area contributed by atoms with Crippen LogP contribution in [0.1, 0.15) is 58.1 Å². The van der Waals surface area contributed by atoms with Crippen molar-refractivity contribution >= 4 is 22.6 Å². The van der Waals surface area contributed by atoms with Crippen LogP contribution in [0.15, 0.2) is 156 Å². The Hall–Kier alpha value is -5.27. The summed E-state index contributed by atoms with van der Waals surface area (Å²) in [4.78, 5) is 4.54. The van der Waals surface area contributed by atoms with Gasteiger partial charge in [-0.25, -0.2) is 0 Å². The number of dihydropyridines is 1. The molecule has 1 heterocycles. The lowest BCUT2D eigenvalue weighted by atomic mass is 9.77. The molecular formula is C47H39N. The highest BCUT2D eigenvalue weighted by Crippen LogP contribution is 2.51. The van der Waals surface area contributed by atoms with E-state index >= 15 is 0 Å². The van der Waals surface area contributed by atoms with E-state index in [-0.39, 0.29) is 5.92 Å². The van der Waals surface area contributed by atoms with Gasteiger partial charge in [-0.2, -0.15) is 0 Å². The molecule has 1 nitrogen and oxygen atoms in total. The van der Waals surface area contributed by atoms with Gasteiger partial charge in [0.25, 0.3) is 0 Å². The van der Waals surface area contributed by atoms with Gasteiger partial charge in [0.2, 0.25) is 0 Å². The maximum Gasteiger partial charge on any atom is 0.0455 e. The summed E-state index contributed by atoms with van der Waals surface area (Å²) in [5.41, 5.74) is 16.9. The Labute approximate surface area is 284 Å². The summed E-state index contributed by atoms with van der Waals surface area (Å²) in [6.07, 6.45) is 23.6. The van der Waals surface area contributed by atoms with Gasteiger partial charge in [0, 0.05) is 30.5 Å². The predicted molar refractivity (Wildman–Crippen MR) is 204 cm³/mol. The molecule has 0 fully saturated rings. The third-order valence-corrected chi connectivity index (χ3v) is 11.0. The van der Waals surface area contributed by atoms with E-state index < -0.39 is 0 Å². The number of benzene rings is 5. The first kappa shape index (κ1) is 28.9. The molecule has 4 aliphatic rings. The number of fused-ring (bicyclic) bond motifs is 4. The molecule has 9 rings (SSSR count). The summed E-state index contributed by atoms with van der Waals surface area (Å²) in [6, 6.07) is 36.4. The van der Waals surface area contributed by atoms with E-state index in [1.807, 2.05) is 6.21 Å². The van der Waals surface area contributed by atoms with Crippen molar-refractivity contribution in [3.05, 3.63) is 185 Å². The molecule has 3 aliphatic carbocycles. The maximum atomic E-state index is 4.54. The van der Waals surface area contributed by atoms with Crippen LogP contribution in [0.3, 0.4) is 0 Å². The fourth-order valence-corrected chi connectivity index (χ4v) is 8.69. The lowest BCUT2D eigenvalue weighted by molar-refractivity contribution is 0.658. The van der Waals surface area contributed by atoms with Crippen molar-refractivity contribution < 1.29 is 0 Å². The van der Waals surface area contributed by atoms with E-state index in [1.54, 1.807) is 0 Å². The van der Waals surface area contributed by atoms with Gasteiger partial charge >= 0.3 is 0 Å². The molecule has 0 bridgehead atoms. The highest BCUT2D eigenvalue weighted by Gasteiger charge is 2.32. The first-order valence-corrected chi connectivity index (χ1v) is 17.5. The molecule has 0 saturated carbocycles. The number of nitrogens with zero attached hydrogens (tertiary/aromatic N) is 1. The van der Waals surface area contributed by atoms with Crippen LogP contribution in [0, 0.1) is 12.8 Å². The maximum absolute atomic E-state index is 4.54. The third-order valence-electron chi connectivity index (χ3n) is 11.0. The number of aryl methyl sites for hydroxylation is 1. The number of aliphatic imine (C=N–C) groups is 1. The molecule has 0 aromatic heterocycles. The Balaban J connectivity index is 1.12. The predicted octanol–water partition coefficient (Wildman–Crippen LogP) is 11.7. The summed E-state index contributed by atoms with van der Waals surface area (Å²) in [6.45, 7) is 3.16. The van der Waals surface area contributed by atoms with Gasteiger partial charge in [-0.3, -0.25) is 4.99 Å². The summed E-state index contributed by atoms with van der Waals surface area (Å²) in [7, 11) is 0. The lowest BCUT2D eigenvalue weighted by Crippen LogP contribution is -2.09. The minimum Gasteiger partial charge on any atom is -0.293 e. The number of hydrogen-bond donors (Lipinski definition) is 0. The molecule has 232 valence electrons. The molecule has 0 spiro atoms. The highest BCUT2D eigenvalue weighted by atomic mass is 14.7. The Kier molecular flexibility index (Phi) is 7.27. The zero-order valence-corrected chi connectivity index (χ0v) is 27.4. The molecule has 0 saturated heterocycles. The zero-order valence-electron chi connectivity index (χ0n) is 27.4. The minimum atomic E-state index is 0.273. The second-order valence-electron chi connectivity index (χ2n) is 13.7. The molecule has 5 aromatic carbocycles. The molecular weight excluding hydrogens is 579 g/mol. The molecule has 0 N–H and O–H groups in total. The summed E-state index contributed by atoms with van der Waals surface area (Å²) >= 11 is 0. The molecule has 3 unspecified atom stereocenters. The normalized spacial score (nSPS) is 21.2. The average molecular weight is 618 g/mol. The number of rotatable bonds is 5.